The van der Waals surface area contributed by atoms with Crippen molar-refractivity contribution in [1.82, 2.24) is 4.98 Å². The average Bonchev–Trinajstić information content (AvgIpc) is 2.75. The molecule has 3 N–H and O–H groups in total. The van der Waals surface area contributed by atoms with Crippen LogP contribution < -0.4 is 16.2 Å². The maximum atomic E-state index is 12.9. The standard InChI is InChI=1S/C23H16ClN3O3/c24-15-11-9-14(10-12-15)22(29)26-19-7-3-4-8-20(19)27-23(30)17-13-21(28)25-18-6-2-1-5-16(17)18/h1-13H,(H,25,28)(H,26,29)(H,27,30). The minimum Gasteiger partial charge on any atom is -0.322 e. The normalized spacial score (nSPS) is 10.6. The molecule has 3 aromatic carbocycles. The third kappa shape index (κ3) is 4.09. The Balaban J connectivity index is 1.62. The van der Waals surface area contributed by atoms with Crippen LogP contribution in [-0.2, 0) is 0 Å². The summed E-state index contributed by atoms with van der Waals surface area (Å²) in [4.78, 5) is 40.1. The van der Waals surface area contributed by atoms with Crippen LogP contribution in [-0.4, -0.2) is 16.8 Å². The summed E-state index contributed by atoms with van der Waals surface area (Å²) < 4.78 is 0. The molecule has 4 aromatic rings. The van der Waals surface area contributed by atoms with Crippen LogP contribution in [0, 0.1) is 0 Å². The second-order valence-corrected chi connectivity index (χ2v) is 6.99. The fourth-order valence-corrected chi connectivity index (χ4v) is 3.21. The molecule has 1 heterocycles. The number of anilines is 2. The van der Waals surface area contributed by atoms with Crippen LogP contribution in [0.3, 0.4) is 0 Å². The quantitative estimate of drug-likeness (QED) is 0.450. The molecule has 4 rings (SSSR count). The van der Waals surface area contributed by atoms with Crippen LogP contribution in [0.4, 0.5) is 11.4 Å². The first kappa shape index (κ1) is 19.4. The van der Waals surface area contributed by atoms with Gasteiger partial charge in [-0.25, -0.2) is 0 Å². The summed E-state index contributed by atoms with van der Waals surface area (Å²) in [5, 5.41) is 6.73. The Morgan fingerprint density at radius 3 is 2.07 bits per heavy atom. The second-order valence-electron chi connectivity index (χ2n) is 6.55. The molecule has 0 fully saturated rings. The topological polar surface area (TPSA) is 91.1 Å². The summed E-state index contributed by atoms with van der Waals surface area (Å²) in [5.41, 5.74) is 1.71. The van der Waals surface area contributed by atoms with Crippen LogP contribution in [0.5, 0.6) is 0 Å². The molecule has 30 heavy (non-hydrogen) atoms. The molecule has 0 aliphatic carbocycles. The van der Waals surface area contributed by atoms with Gasteiger partial charge in [0.25, 0.3) is 11.8 Å². The zero-order valence-corrected chi connectivity index (χ0v) is 16.4. The monoisotopic (exact) mass is 417 g/mol. The van der Waals surface area contributed by atoms with E-state index in [9.17, 15) is 14.4 Å². The van der Waals surface area contributed by atoms with Gasteiger partial charge < -0.3 is 15.6 Å². The van der Waals surface area contributed by atoms with Gasteiger partial charge >= 0.3 is 0 Å². The fraction of sp³-hybridized carbons (Fsp3) is 0. The number of benzene rings is 3. The van der Waals surface area contributed by atoms with Crippen molar-refractivity contribution in [2.24, 2.45) is 0 Å². The third-order valence-electron chi connectivity index (χ3n) is 4.53. The van der Waals surface area contributed by atoms with Gasteiger partial charge in [0, 0.05) is 27.6 Å². The Morgan fingerprint density at radius 1 is 0.767 bits per heavy atom. The van der Waals surface area contributed by atoms with Gasteiger partial charge in [-0.1, -0.05) is 41.9 Å². The lowest BCUT2D eigenvalue weighted by Gasteiger charge is -2.13. The Hall–Kier alpha value is -3.90. The number of amides is 2. The van der Waals surface area contributed by atoms with E-state index in [0.29, 0.717) is 32.9 Å². The summed E-state index contributed by atoms with van der Waals surface area (Å²) in [6.45, 7) is 0. The van der Waals surface area contributed by atoms with Crippen molar-refractivity contribution in [3.63, 3.8) is 0 Å². The van der Waals surface area contributed by atoms with Crippen LogP contribution >= 0.6 is 11.6 Å². The summed E-state index contributed by atoms with van der Waals surface area (Å²) >= 11 is 5.87. The molecule has 0 aliphatic heterocycles. The van der Waals surface area contributed by atoms with Crippen molar-refractivity contribution < 1.29 is 9.59 Å². The number of nitrogens with one attached hydrogen (secondary N) is 3. The number of aromatic nitrogens is 1. The highest BCUT2D eigenvalue weighted by Crippen LogP contribution is 2.24. The molecule has 0 bridgehead atoms. The van der Waals surface area contributed by atoms with Crippen molar-refractivity contribution >= 4 is 45.7 Å². The van der Waals surface area contributed by atoms with Crippen LogP contribution in [0.25, 0.3) is 10.9 Å². The molecule has 0 saturated carbocycles. The second kappa shape index (κ2) is 8.23. The summed E-state index contributed by atoms with van der Waals surface area (Å²) in [6, 6.07) is 21.6. The Labute approximate surface area is 176 Å². The molecule has 0 spiro atoms. The smallest absolute Gasteiger partial charge is 0.256 e. The number of H-pyrrole nitrogens is 1. The summed E-state index contributed by atoms with van der Waals surface area (Å²) in [5.74, 6) is -0.791. The Morgan fingerprint density at radius 2 is 1.37 bits per heavy atom. The van der Waals surface area contributed by atoms with Gasteiger partial charge in [-0.2, -0.15) is 0 Å². The Bertz CT molecular complexity index is 1310. The molecule has 0 unspecified atom stereocenters. The van der Waals surface area contributed by atoms with E-state index in [1.165, 1.54) is 6.07 Å². The minimum atomic E-state index is -0.453. The number of fused-ring (bicyclic) bond motifs is 1. The van der Waals surface area contributed by atoms with E-state index >= 15 is 0 Å². The third-order valence-corrected chi connectivity index (χ3v) is 4.78. The number of rotatable bonds is 4. The van der Waals surface area contributed by atoms with E-state index in [2.05, 4.69) is 15.6 Å². The largest absolute Gasteiger partial charge is 0.322 e. The van der Waals surface area contributed by atoms with E-state index in [-0.39, 0.29) is 17.0 Å². The highest BCUT2D eigenvalue weighted by Gasteiger charge is 2.15. The molecule has 0 saturated heterocycles. The summed E-state index contributed by atoms with van der Waals surface area (Å²) in [7, 11) is 0. The molecule has 2 amide bonds. The number of carbonyl (C=O) groups is 2. The van der Waals surface area contributed by atoms with Gasteiger partial charge in [0.2, 0.25) is 5.56 Å². The van der Waals surface area contributed by atoms with E-state index < -0.39 is 5.91 Å². The number of hydrogen-bond donors (Lipinski definition) is 3. The predicted octanol–water partition coefficient (Wildman–Crippen LogP) is 4.69. The van der Waals surface area contributed by atoms with E-state index in [0.717, 1.165) is 0 Å². The molecule has 148 valence electrons. The SMILES string of the molecule is O=C(Nc1ccccc1NC(=O)c1cc(=O)[nH]c2ccccc12)c1ccc(Cl)cc1. The number of pyridine rings is 1. The lowest BCUT2D eigenvalue weighted by Crippen LogP contribution is -2.19. The zero-order chi connectivity index (χ0) is 21.1. The molecule has 6 nitrogen and oxygen atoms in total. The van der Waals surface area contributed by atoms with Gasteiger partial charge in [0.15, 0.2) is 0 Å². The van der Waals surface area contributed by atoms with Crippen molar-refractivity contribution in [1.29, 1.82) is 0 Å². The van der Waals surface area contributed by atoms with Gasteiger partial charge in [-0.15, -0.1) is 0 Å². The van der Waals surface area contributed by atoms with Gasteiger partial charge in [-0.3, -0.25) is 14.4 Å². The minimum absolute atomic E-state index is 0.244. The van der Waals surface area contributed by atoms with Crippen molar-refractivity contribution in [2.45, 2.75) is 0 Å². The first-order valence-electron chi connectivity index (χ1n) is 9.10. The fourth-order valence-electron chi connectivity index (χ4n) is 3.08. The molecule has 0 atom stereocenters. The first-order valence-corrected chi connectivity index (χ1v) is 9.48. The van der Waals surface area contributed by atoms with E-state index in [4.69, 9.17) is 11.6 Å². The molecule has 0 radical (unpaired) electrons. The number of para-hydroxylation sites is 3. The highest BCUT2D eigenvalue weighted by atomic mass is 35.5. The average molecular weight is 418 g/mol. The molecular formula is C23H16ClN3O3. The number of halogens is 1. The van der Waals surface area contributed by atoms with Crippen molar-refractivity contribution in [3.05, 3.63) is 105 Å². The first-order chi connectivity index (χ1) is 14.5. The van der Waals surface area contributed by atoms with Crippen LogP contribution in [0.1, 0.15) is 20.7 Å². The van der Waals surface area contributed by atoms with Crippen molar-refractivity contribution in [2.75, 3.05) is 10.6 Å². The van der Waals surface area contributed by atoms with Crippen LogP contribution in [0.2, 0.25) is 5.02 Å². The maximum absolute atomic E-state index is 12.9. The van der Waals surface area contributed by atoms with Crippen molar-refractivity contribution in [3.8, 4) is 0 Å². The summed E-state index contributed by atoms with van der Waals surface area (Å²) in [6.07, 6.45) is 0. The molecule has 0 aliphatic rings. The van der Waals surface area contributed by atoms with Gasteiger partial charge in [0.05, 0.1) is 16.9 Å². The molecule has 7 heteroatoms. The predicted molar refractivity (Wildman–Crippen MR) is 118 cm³/mol. The number of aromatic amines is 1. The zero-order valence-electron chi connectivity index (χ0n) is 15.6. The number of carbonyl (C=O) groups excluding carboxylic acids is 2. The van der Waals surface area contributed by atoms with Gasteiger partial charge in [0.1, 0.15) is 0 Å². The maximum Gasteiger partial charge on any atom is 0.256 e. The lowest BCUT2D eigenvalue weighted by molar-refractivity contribution is 0.101. The van der Waals surface area contributed by atoms with Crippen LogP contribution in [0.15, 0.2) is 83.7 Å². The lowest BCUT2D eigenvalue weighted by atomic mass is 10.1. The Kier molecular flexibility index (Phi) is 5.32. The van der Waals surface area contributed by atoms with Gasteiger partial charge in [-0.05, 0) is 42.5 Å². The van der Waals surface area contributed by atoms with E-state index in [1.807, 2.05) is 0 Å². The number of hydrogen-bond acceptors (Lipinski definition) is 3. The highest BCUT2D eigenvalue weighted by molar-refractivity contribution is 6.30. The van der Waals surface area contributed by atoms with E-state index in [1.54, 1.807) is 72.8 Å². The molecular weight excluding hydrogens is 402 g/mol. The molecule has 1 aromatic heterocycles.